The van der Waals surface area contributed by atoms with Gasteiger partial charge in [0.2, 0.25) is 5.91 Å². The summed E-state index contributed by atoms with van der Waals surface area (Å²) >= 11 is 1.13. The zero-order valence-electron chi connectivity index (χ0n) is 14.3. The first-order valence-corrected chi connectivity index (χ1v) is 9.10. The number of amides is 2. The van der Waals surface area contributed by atoms with E-state index in [-0.39, 0.29) is 23.4 Å². The Labute approximate surface area is 151 Å². The number of anilines is 1. The molecule has 0 saturated heterocycles. The summed E-state index contributed by atoms with van der Waals surface area (Å²) in [5.41, 5.74) is 1.08. The molecule has 0 aliphatic heterocycles. The molecule has 0 fully saturated rings. The molecule has 0 aliphatic carbocycles. The SMILES string of the molecule is CCN(CC)C(=O)c1cccc(NC(=O)CSc2ccccc2F)c1. The molecule has 0 unspecified atom stereocenters. The third-order valence-corrected chi connectivity index (χ3v) is 4.69. The van der Waals surface area contributed by atoms with Gasteiger partial charge >= 0.3 is 0 Å². The lowest BCUT2D eigenvalue weighted by Gasteiger charge is -2.19. The summed E-state index contributed by atoms with van der Waals surface area (Å²) in [7, 11) is 0. The Balaban J connectivity index is 1.98. The smallest absolute Gasteiger partial charge is 0.253 e. The van der Waals surface area contributed by atoms with E-state index in [4.69, 9.17) is 0 Å². The van der Waals surface area contributed by atoms with Crippen LogP contribution in [0.3, 0.4) is 0 Å². The quantitative estimate of drug-likeness (QED) is 0.758. The average Bonchev–Trinajstić information content (AvgIpc) is 2.62. The van der Waals surface area contributed by atoms with Crippen LogP contribution in [-0.2, 0) is 4.79 Å². The lowest BCUT2D eigenvalue weighted by molar-refractivity contribution is -0.113. The highest BCUT2D eigenvalue weighted by molar-refractivity contribution is 8.00. The fourth-order valence-electron chi connectivity index (χ4n) is 2.33. The van der Waals surface area contributed by atoms with Crippen molar-refractivity contribution in [2.75, 3.05) is 24.2 Å². The molecule has 0 saturated carbocycles. The fraction of sp³-hybridized carbons (Fsp3) is 0.263. The van der Waals surface area contributed by atoms with Crippen LogP contribution in [0.25, 0.3) is 0 Å². The molecule has 4 nitrogen and oxygen atoms in total. The first-order valence-electron chi connectivity index (χ1n) is 8.11. The minimum Gasteiger partial charge on any atom is -0.339 e. The van der Waals surface area contributed by atoms with Crippen molar-refractivity contribution in [2.45, 2.75) is 18.7 Å². The lowest BCUT2D eigenvalue weighted by atomic mass is 10.1. The van der Waals surface area contributed by atoms with Crippen molar-refractivity contribution >= 4 is 29.3 Å². The van der Waals surface area contributed by atoms with Crippen molar-refractivity contribution in [3.8, 4) is 0 Å². The second-order valence-corrected chi connectivity index (χ2v) is 6.34. The molecule has 25 heavy (non-hydrogen) atoms. The standard InChI is InChI=1S/C19H21FN2O2S/c1-3-22(4-2)19(24)14-8-7-9-15(12-14)21-18(23)13-25-17-11-6-5-10-16(17)20/h5-12H,3-4,13H2,1-2H3,(H,21,23). The second kappa shape index (κ2) is 9.22. The molecule has 0 atom stereocenters. The van der Waals surface area contributed by atoms with Gasteiger partial charge in [-0.15, -0.1) is 11.8 Å². The number of rotatable bonds is 7. The topological polar surface area (TPSA) is 49.4 Å². The maximum Gasteiger partial charge on any atom is 0.253 e. The van der Waals surface area contributed by atoms with Crippen molar-refractivity contribution in [1.82, 2.24) is 4.90 Å². The third-order valence-electron chi connectivity index (χ3n) is 3.64. The van der Waals surface area contributed by atoms with Gasteiger partial charge < -0.3 is 10.2 Å². The van der Waals surface area contributed by atoms with E-state index in [2.05, 4.69) is 5.32 Å². The molecule has 0 spiro atoms. The van der Waals surface area contributed by atoms with Gasteiger partial charge in [0, 0.05) is 29.2 Å². The molecule has 132 valence electrons. The van der Waals surface area contributed by atoms with Crippen LogP contribution in [0.2, 0.25) is 0 Å². The maximum absolute atomic E-state index is 13.6. The van der Waals surface area contributed by atoms with E-state index in [1.165, 1.54) is 6.07 Å². The van der Waals surface area contributed by atoms with Crippen molar-refractivity contribution in [1.29, 1.82) is 0 Å². The molecule has 0 aliphatic rings. The Morgan fingerprint density at radius 2 is 1.80 bits per heavy atom. The Hall–Kier alpha value is -2.34. The summed E-state index contributed by atoms with van der Waals surface area (Å²) in [6, 6.07) is 13.2. The molecule has 0 radical (unpaired) electrons. The molecule has 1 N–H and O–H groups in total. The second-order valence-electron chi connectivity index (χ2n) is 5.33. The monoisotopic (exact) mass is 360 g/mol. The highest BCUT2D eigenvalue weighted by Gasteiger charge is 2.13. The van der Waals surface area contributed by atoms with Gasteiger partial charge in [0.25, 0.3) is 5.91 Å². The molecule has 2 rings (SSSR count). The average molecular weight is 360 g/mol. The predicted molar refractivity (Wildman–Crippen MR) is 99.4 cm³/mol. The summed E-state index contributed by atoms with van der Waals surface area (Å²) in [5, 5.41) is 2.75. The lowest BCUT2D eigenvalue weighted by Crippen LogP contribution is -2.30. The van der Waals surface area contributed by atoms with Gasteiger partial charge in [-0.3, -0.25) is 9.59 Å². The minimum atomic E-state index is -0.341. The van der Waals surface area contributed by atoms with Crippen LogP contribution >= 0.6 is 11.8 Å². The minimum absolute atomic E-state index is 0.0677. The van der Waals surface area contributed by atoms with Gasteiger partial charge in [0.1, 0.15) is 5.82 Å². The number of carbonyl (C=O) groups is 2. The number of hydrogen-bond acceptors (Lipinski definition) is 3. The van der Waals surface area contributed by atoms with Crippen LogP contribution in [-0.4, -0.2) is 35.6 Å². The van der Waals surface area contributed by atoms with E-state index in [1.807, 2.05) is 13.8 Å². The van der Waals surface area contributed by atoms with E-state index < -0.39 is 0 Å². The molecule has 2 aromatic carbocycles. The zero-order valence-corrected chi connectivity index (χ0v) is 15.1. The van der Waals surface area contributed by atoms with Crippen molar-refractivity contribution < 1.29 is 14.0 Å². The van der Waals surface area contributed by atoms with Gasteiger partial charge in [-0.05, 0) is 44.2 Å². The molecule has 0 heterocycles. The Morgan fingerprint density at radius 3 is 2.48 bits per heavy atom. The van der Waals surface area contributed by atoms with Gasteiger partial charge in [-0.25, -0.2) is 4.39 Å². The molecular weight excluding hydrogens is 339 g/mol. The van der Waals surface area contributed by atoms with E-state index in [1.54, 1.807) is 47.4 Å². The van der Waals surface area contributed by atoms with E-state index in [9.17, 15) is 14.0 Å². The summed E-state index contributed by atoms with van der Waals surface area (Å²) < 4.78 is 13.6. The van der Waals surface area contributed by atoms with Crippen LogP contribution in [0.5, 0.6) is 0 Å². The highest BCUT2D eigenvalue weighted by Crippen LogP contribution is 2.21. The zero-order chi connectivity index (χ0) is 18.2. The van der Waals surface area contributed by atoms with Crippen LogP contribution in [0, 0.1) is 5.82 Å². The molecular formula is C19H21FN2O2S. The van der Waals surface area contributed by atoms with Crippen LogP contribution in [0.15, 0.2) is 53.4 Å². The fourth-order valence-corrected chi connectivity index (χ4v) is 3.07. The normalized spacial score (nSPS) is 10.4. The Morgan fingerprint density at radius 1 is 1.08 bits per heavy atom. The summed E-state index contributed by atoms with van der Waals surface area (Å²) in [5.74, 6) is -0.565. The van der Waals surface area contributed by atoms with Crippen molar-refractivity contribution in [2.24, 2.45) is 0 Å². The van der Waals surface area contributed by atoms with Gasteiger partial charge in [0.15, 0.2) is 0 Å². The largest absolute Gasteiger partial charge is 0.339 e. The summed E-state index contributed by atoms with van der Waals surface area (Å²) in [6.45, 7) is 5.11. The molecule has 0 aromatic heterocycles. The van der Waals surface area contributed by atoms with Crippen LogP contribution in [0.1, 0.15) is 24.2 Å². The molecule has 0 bridgehead atoms. The van der Waals surface area contributed by atoms with Crippen LogP contribution < -0.4 is 5.32 Å². The third kappa shape index (κ3) is 5.32. The first-order chi connectivity index (χ1) is 12.0. The maximum atomic E-state index is 13.6. The molecule has 2 aromatic rings. The Kier molecular flexibility index (Phi) is 7.01. The van der Waals surface area contributed by atoms with Gasteiger partial charge in [-0.2, -0.15) is 0 Å². The van der Waals surface area contributed by atoms with Crippen molar-refractivity contribution in [3.63, 3.8) is 0 Å². The Bertz CT molecular complexity index is 748. The van der Waals surface area contributed by atoms with Gasteiger partial charge in [-0.1, -0.05) is 18.2 Å². The number of benzene rings is 2. The number of thioether (sulfide) groups is 1. The highest BCUT2D eigenvalue weighted by atomic mass is 32.2. The number of carbonyl (C=O) groups excluding carboxylic acids is 2. The van der Waals surface area contributed by atoms with E-state index in [0.717, 1.165) is 11.8 Å². The number of hydrogen-bond donors (Lipinski definition) is 1. The first kappa shape index (κ1) is 19.0. The van der Waals surface area contributed by atoms with E-state index in [0.29, 0.717) is 29.2 Å². The van der Waals surface area contributed by atoms with E-state index >= 15 is 0 Å². The summed E-state index contributed by atoms with van der Waals surface area (Å²) in [4.78, 5) is 26.6. The molecule has 2 amide bonds. The number of nitrogens with zero attached hydrogens (tertiary/aromatic N) is 1. The van der Waals surface area contributed by atoms with Crippen LogP contribution in [0.4, 0.5) is 10.1 Å². The summed E-state index contributed by atoms with van der Waals surface area (Å²) in [6.07, 6.45) is 0. The number of halogens is 1. The number of nitrogens with one attached hydrogen (secondary N) is 1. The molecule has 6 heteroatoms. The predicted octanol–water partition coefficient (Wildman–Crippen LogP) is 4.04. The van der Waals surface area contributed by atoms with Gasteiger partial charge in [0.05, 0.1) is 5.75 Å². The van der Waals surface area contributed by atoms with Crippen molar-refractivity contribution in [3.05, 3.63) is 59.9 Å².